The van der Waals surface area contributed by atoms with Crippen LogP contribution in [0.4, 0.5) is 5.82 Å². The van der Waals surface area contributed by atoms with Gasteiger partial charge in [0.1, 0.15) is 0 Å². The molecule has 17 heavy (non-hydrogen) atoms. The van der Waals surface area contributed by atoms with Crippen molar-refractivity contribution >= 4 is 11.7 Å². The van der Waals surface area contributed by atoms with Gasteiger partial charge in [0.25, 0.3) is 5.91 Å². The third kappa shape index (κ3) is 2.07. The molecule has 2 aromatic heterocycles. The summed E-state index contributed by atoms with van der Waals surface area (Å²) in [5, 5.41) is 4.11. The minimum absolute atomic E-state index is 0.175. The van der Waals surface area contributed by atoms with Crippen molar-refractivity contribution in [2.24, 2.45) is 0 Å². The molecule has 1 amide bonds. The Morgan fingerprint density at radius 1 is 1.35 bits per heavy atom. The molecular weight excluding hydrogens is 220 g/mol. The van der Waals surface area contributed by atoms with E-state index in [1.807, 2.05) is 0 Å². The third-order valence-electron chi connectivity index (χ3n) is 2.14. The number of hydrogen-bond donors (Lipinski definition) is 1. The van der Waals surface area contributed by atoms with Crippen LogP contribution in [0.15, 0.2) is 24.7 Å². The molecule has 2 aromatic rings. The lowest BCUT2D eigenvalue weighted by atomic mass is 10.4. The number of carbonyl (C=O) groups is 1. The van der Waals surface area contributed by atoms with Crippen LogP contribution in [-0.4, -0.2) is 44.7 Å². The molecule has 0 saturated carbocycles. The first-order valence-electron chi connectivity index (χ1n) is 4.94. The van der Waals surface area contributed by atoms with Crippen molar-refractivity contribution in [3.8, 4) is 5.82 Å². The lowest BCUT2D eigenvalue weighted by molar-refractivity contribution is 0.0821. The van der Waals surface area contributed by atoms with Crippen molar-refractivity contribution in [3.63, 3.8) is 0 Å². The number of nitrogen functional groups attached to an aromatic ring is 1. The Labute approximate surface area is 97.9 Å². The summed E-state index contributed by atoms with van der Waals surface area (Å²) >= 11 is 0. The number of aromatic nitrogens is 4. The van der Waals surface area contributed by atoms with Gasteiger partial charge < -0.3 is 10.6 Å². The topological polar surface area (TPSA) is 89.9 Å². The average molecular weight is 232 g/mol. The van der Waals surface area contributed by atoms with Gasteiger partial charge in [0.2, 0.25) is 0 Å². The predicted molar refractivity (Wildman–Crippen MR) is 61.6 cm³/mol. The Bertz CT molecular complexity index is 547. The van der Waals surface area contributed by atoms with Gasteiger partial charge in [-0.2, -0.15) is 5.10 Å². The first-order chi connectivity index (χ1) is 8.09. The monoisotopic (exact) mass is 232 g/mol. The summed E-state index contributed by atoms with van der Waals surface area (Å²) in [5.74, 6) is 0.496. The predicted octanol–water partition coefficient (Wildman–Crippen LogP) is -0.0537. The van der Waals surface area contributed by atoms with Crippen molar-refractivity contribution in [1.82, 2.24) is 24.6 Å². The van der Waals surface area contributed by atoms with Crippen LogP contribution in [0.1, 0.15) is 10.5 Å². The zero-order valence-corrected chi connectivity index (χ0v) is 9.53. The molecule has 0 spiro atoms. The number of nitrogens with zero attached hydrogens (tertiary/aromatic N) is 5. The highest BCUT2D eigenvalue weighted by atomic mass is 16.2. The Balaban J connectivity index is 2.37. The second-order valence-electron chi connectivity index (χ2n) is 3.61. The Morgan fingerprint density at radius 3 is 2.71 bits per heavy atom. The number of anilines is 1. The molecule has 0 fully saturated rings. The molecule has 0 aliphatic rings. The number of amides is 1. The summed E-state index contributed by atoms with van der Waals surface area (Å²) in [6.07, 6.45) is 4.63. The van der Waals surface area contributed by atoms with E-state index in [-0.39, 0.29) is 11.7 Å². The molecule has 88 valence electrons. The van der Waals surface area contributed by atoms with Gasteiger partial charge in [-0.15, -0.1) is 0 Å². The molecule has 2 N–H and O–H groups in total. The highest BCUT2D eigenvalue weighted by molar-refractivity contribution is 5.91. The number of rotatable bonds is 2. The van der Waals surface area contributed by atoms with Crippen molar-refractivity contribution in [2.45, 2.75) is 0 Å². The summed E-state index contributed by atoms with van der Waals surface area (Å²) in [6.45, 7) is 0. The largest absolute Gasteiger partial charge is 0.381 e. The van der Waals surface area contributed by atoms with Crippen molar-refractivity contribution in [3.05, 3.63) is 30.4 Å². The minimum Gasteiger partial charge on any atom is -0.381 e. The number of nitrogens with two attached hydrogens (primary N) is 1. The van der Waals surface area contributed by atoms with Crippen LogP contribution in [0.3, 0.4) is 0 Å². The smallest absolute Gasteiger partial charge is 0.273 e. The van der Waals surface area contributed by atoms with Gasteiger partial charge >= 0.3 is 0 Å². The molecule has 7 nitrogen and oxygen atoms in total. The number of hydrogen-bond acceptors (Lipinski definition) is 5. The average Bonchev–Trinajstić information content (AvgIpc) is 2.77. The second kappa shape index (κ2) is 4.20. The van der Waals surface area contributed by atoms with Crippen LogP contribution in [0.25, 0.3) is 5.82 Å². The van der Waals surface area contributed by atoms with Crippen molar-refractivity contribution in [1.29, 1.82) is 0 Å². The van der Waals surface area contributed by atoms with E-state index in [1.165, 1.54) is 22.0 Å². The molecule has 2 heterocycles. The van der Waals surface area contributed by atoms with Gasteiger partial charge in [-0.25, -0.2) is 14.6 Å². The molecule has 0 saturated heterocycles. The molecular formula is C10H12N6O. The highest BCUT2D eigenvalue weighted by Gasteiger charge is 2.13. The van der Waals surface area contributed by atoms with Gasteiger partial charge in [0, 0.05) is 32.7 Å². The second-order valence-corrected chi connectivity index (χ2v) is 3.61. The SMILES string of the molecule is CN(C)C(=O)c1ccn(-c2nccnc2N)n1. The molecule has 0 unspecified atom stereocenters. The summed E-state index contributed by atoms with van der Waals surface area (Å²) in [4.78, 5) is 21.1. The Morgan fingerprint density at radius 2 is 2.06 bits per heavy atom. The normalized spacial score (nSPS) is 10.2. The quantitative estimate of drug-likeness (QED) is 0.783. The Hall–Kier alpha value is -2.44. The molecule has 2 rings (SSSR count). The van der Waals surface area contributed by atoms with Crippen molar-refractivity contribution < 1.29 is 4.79 Å². The first kappa shape index (κ1) is 11.1. The third-order valence-corrected chi connectivity index (χ3v) is 2.14. The molecule has 7 heteroatoms. The molecule has 0 aromatic carbocycles. The summed E-state index contributed by atoms with van der Waals surface area (Å²) < 4.78 is 1.43. The molecule has 0 radical (unpaired) electrons. The maximum atomic E-state index is 11.7. The molecule has 0 atom stereocenters. The van der Waals surface area contributed by atoms with E-state index in [0.717, 1.165) is 0 Å². The van der Waals surface area contributed by atoms with Crippen LogP contribution in [-0.2, 0) is 0 Å². The molecule has 0 aliphatic heterocycles. The van der Waals surface area contributed by atoms with Crippen LogP contribution in [0, 0.1) is 0 Å². The molecule has 0 aliphatic carbocycles. The van der Waals surface area contributed by atoms with E-state index >= 15 is 0 Å². The van der Waals surface area contributed by atoms with Crippen LogP contribution in [0.5, 0.6) is 0 Å². The molecule has 0 bridgehead atoms. The van der Waals surface area contributed by atoms with Crippen LogP contribution < -0.4 is 5.73 Å². The van der Waals surface area contributed by atoms with Crippen LogP contribution in [0.2, 0.25) is 0 Å². The standard InChI is InChI=1S/C10H12N6O/c1-15(2)10(17)7-3-6-16(14-7)9-8(11)12-4-5-13-9/h3-6H,1-2H3,(H2,11,12). The van der Waals surface area contributed by atoms with Crippen molar-refractivity contribution in [2.75, 3.05) is 19.8 Å². The van der Waals surface area contributed by atoms with E-state index in [1.54, 1.807) is 26.4 Å². The fourth-order valence-electron chi connectivity index (χ4n) is 1.30. The Kier molecular flexibility index (Phi) is 2.73. The van der Waals surface area contributed by atoms with E-state index in [4.69, 9.17) is 5.73 Å². The maximum Gasteiger partial charge on any atom is 0.273 e. The minimum atomic E-state index is -0.175. The lowest BCUT2D eigenvalue weighted by Gasteiger charge is -2.07. The van der Waals surface area contributed by atoms with Gasteiger partial charge in [-0.3, -0.25) is 4.79 Å². The fraction of sp³-hybridized carbons (Fsp3) is 0.200. The van der Waals surface area contributed by atoms with Crippen LogP contribution >= 0.6 is 0 Å². The zero-order chi connectivity index (χ0) is 12.4. The maximum absolute atomic E-state index is 11.7. The zero-order valence-electron chi connectivity index (χ0n) is 9.53. The summed E-state index contributed by atoms with van der Waals surface area (Å²) in [5.41, 5.74) is 6.00. The fourth-order valence-corrected chi connectivity index (χ4v) is 1.30. The van der Waals surface area contributed by atoms with E-state index in [2.05, 4.69) is 15.1 Å². The van der Waals surface area contributed by atoms with Gasteiger partial charge in [-0.1, -0.05) is 0 Å². The first-order valence-corrected chi connectivity index (χ1v) is 4.94. The highest BCUT2D eigenvalue weighted by Crippen LogP contribution is 2.10. The van der Waals surface area contributed by atoms with Gasteiger partial charge in [0.15, 0.2) is 17.3 Å². The summed E-state index contributed by atoms with van der Waals surface area (Å²) in [7, 11) is 3.33. The van der Waals surface area contributed by atoms with E-state index in [0.29, 0.717) is 11.5 Å². The summed E-state index contributed by atoms with van der Waals surface area (Å²) in [6, 6.07) is 1.61. The van der Waals surface area contributed by atoms with E-state index < -0.39 is 0 Å². The lowest BCUT2D eigenvalue weighted by Crippen LogP contribution is -2.22. The van der Waals surface area contributed by atoms with E-state index in [9.17, 15) is 4.79 Å². The van der Waals surface area contributed by atoms with Gasteiger partial charge in [0.05, 0.1) is 0 Å². The number of carbonyl (C=O) groups excluding carboxylic acids is 1. The van der Waals surface area contributed by atoms with Gasteiger partial charge in [-0.05, 0) is 6.07 Å².